The summed E-state index contributed by atoms with van der Waals surface area (Å²) in [5.41, 5.74) is 4.40. The van der Waals surface area contributed by atoms with Crippen molar-refractivity contribution in [1.29, 1.82) is 0 Å². The molecule has 0 radical (unpaired) electrons. The van der Waals surface area contributed by atoms with Crippen molar-refractivity contribution in [2.24, 2.45) is 5.92 Å². The number of benzene rings is 4. The van der Waals surface area contributed by atoms with E-state index in [0.717, 1.165) is 33.2 Å². The monoisotopic (exact) mass is 778 g/mol. The molecule has 3 aliphatic heterocycles. The number of aromatic amines is 1. The Morgan fingerprint density at radius 2 is 1.76 bits per heavy atom. The normalized spacial score (nSPS) is 23.3. The Balaban J connectivity index is 1.03. The molecule has 1 saturated heterocycles. The van der Waals surface area contributed by atoms with Gasteiger partial charge in [-0.25, -0.2) is 0 Å². The van der Waals surface area contributed by atoms with Crippen LogP contribution < -0.4 is 10.2 Å². The van der Waals surface area contributed by atoms with E-state index in [-0.39, 0.29) is 43.7 Å². The fourth-order valence-corrected chi connectivity index (χ4v) is 11.9. The quantitative estimate of drug-likeness (QED) is 0.105. The van der Waals surface area contributed by atoms with Crippen molar-refractivity contribution in [3.63, 3.8) is 0 Å². The predicted octanol–water partition coefficient (Wildman–Crippen LogP) is 7.66. The van der Waals surface area contributed by atoms with E-state index in [0.29, 0.717) is 34.9 Å². The van der Waals surface area contributed by atoms with E-state index < -0.39 is 37.6 Å². The number of carbonyl (C=O) groups excluding carboxylic acids is 3. The summed E-state index contributed by atoms with van der Waals surface area (Å²) < 4.78 is 23.3. The van der Waals surface area contributed by atoms with Gasteiger partial charge in [0, 0.05) is 51.4 Å². The summed E-state index contributed by atoms with van der Waals surface area (Å²) in [4.78, 5) is 48.5. The molecule has 55 heavy (non-hydrogen) atoms. The van der Waals surface area contributed by atoms with Gasteiger partial charge >= 0.3 is 0 Å². The van der Waals surface area contributed by atoms with Gasteiger partial charge in [-0.15, -0.1) is 0 Å². The van der Waals surface area contributed by atoms with Crippen LogP contribution in [0.1, 0.15) is 41.2 Å². The summed E-state index contributed by atoms with van der Waals surface area (Å²) in [7, 11) is -3.54. The number of fused-ring (bicyclic) bond motifs is 4. The highest BCUT2D eigenvalue weighted by molar-refractivity contribution is 6.72. The predicted molar refractivity (Wildman–Crippen MR) is 214 cm³/mol. The number of hydrogen-bond acceptors (Lipinski definition) is 5. The molecule has 8 rings (SSSR count). The van der Waals surface area contributed by atoms with Gasteiger partial charge in [0.2, 0.25) is 20.2 Å². The molecule has 12 heteroatoms. The Morgan fingerprint density at radius 3 is 2.51 bits per heavy atom. The first-order chi connectivity index (χ1) is 26.4. The van der Waals surface area contributed by atoms with Crippen LogP contribution >= 0.6 is 11.6 Å². The Bertz CT molecular complexity index is 2290. The van der Waals surface area contributed by atoms with Gasteiger partial charge in [-0.05, 0) is 78.2 Å². The molecule has 1 spiro atoms. The third-order valence-electron chi connectivity index (χ3n) is 11.8. The molecule has 0 unspecified atom stereocenters. The molecule has 5 atom stereocenters. The first-order valence-corrected chi connectivity index (χ1v) is 22.1. The van der Waals surface area contributed by atoms with E-state index >= 15 is 4.11 Å². The van der Waals surface area contributed by atoms with Crippen molar-refractivity contribution in [1.82, 2.24) is 9.88 Å². The van der Waals surface area contributed by atoms with Gasteiger partial charge in [0.25, 0.3) is 5.91 Å². The maximum Gasteiger partial charge on any atom is 0.264 e. The second-order valence-corrected chi connectivity index (χ2v) is 19.9. The maximum absolute atomic E-state index is 16.5. The van der Waals surface area contributed by atoms with Crippen LogP contribution in [0.4, 0.5) is 15.5 Å². The largest absolute Gasteiger partial charge is 0.394 e. The molecule has 3 amide bonds. The van der Waals surface area contributed by atoms with Crippen LogP contribution in [0, 0.1) is 5.92 Å². The van der Waals surface area contributed by atoms with Gasteiger partial charge in [0.05, 0.1) is 43.8 Å². The Hall–Kier alpha value is -4.81. The maximum atomic E-state index is 16.5. The number of H-pyrrole nitrogens is 1. The minimum atomic E-state index is -3.54. The van der Waals surface area contributed by atoms with Crippen LogP contribution in [-0.4, -0.2) is 59.9 Å². The number of carbonyl (C=O) groups is 3. The Labute approximate surface area is 325 Å². The fourth-order valence-electron chi connectivity index (χ4n) is 9.24. The third kappa shape index (κ3) is 6.67. The van der Waals surface area contributed by atoms with Gasteiger partial charge < -0.3 is 34.1 Å². The summed E-state index contributed by atoms with van der Waals surface area (Å²) in [5, 5.41) is 14.7. The smallest absolute Gasteiger partial charge is 0.264 e. The zero-order valence-corrected chi connectivity index (χ0v) is 32.8. The summed E-state index contributed by atoms with van der Waals surface area (Å²) in [5.74, 6) is -1.32. The molecule has 3 N–H and O–H groups in total. The number of amides is 3. The average molecular weight is 779 g/mol. The second kappa shape index (κ2) is 14.4. The number of hydrogen-bond donors (Lipinski definition) is 3. The number of rotatable bonds is 9. The van der Waals surface area contributed by atoms with Crippen LogP contribution in [0.25, 0.3) is 10.9 Å². The number of ether oxygens (including phenoxy) is 1. The number of halogens is 2. The zero-order valence-electron chi connectivity index (χ0n) is 31.0. The molecule has 1 fully saturated rings. The zero-order chi connectivity index (χ0) is 38.6. The van der Waals surface area contributed by atoms with E-state index in [2.05, 4.69) is 10.3 Å². The van der Waals surface area contributed by atoms with Crippen molar-refractivity contribution in [2.45, 2.75) is 75.7 Å². The SMILES string of the molecule is C[C@@H]1[C@@H]([Si](C)(C)F)[C@H](CC(=O)N2Cc3ccccc3C[C@H]2CO)O[C@@]12C(=O)N(Cc1ccc(NC(=O)Cc3c[nH]c4ccccc34)cc1)c1ccc(Cl)cc12. The van der Waals surface area contributed by atoms with Crippen LogP contribution in [0.15, 0.2) is 97.2 Å². The fraction of sp³-hybridized carbons (Fsp3) is 0.326. The highest BCUT2D eigenvalue weighted by atomic mass is 35.5. The number of aromatic nitrogens is 1. The average Bonchev–Trinajstić information content (AvgIpc) is 3.78. The molecule has 9 nitrogen and oxygen atoms in total. The Kier molecular flexibility index (Phi) is 9.69. The summed E-state index contributed by atoms with van der Waals surface area (Å²) in [6.45, 7) is 5.42. The van der Waals surface area contributed by atoms with Gasteiger partial charge in [-0.3, -0.25) is 14.4 Å². The van der Waals surface area contributed by atoms with Gasteiger partial charge in [-0.1, -0.05) is 73.1 Å². The number of nitrogens with one attached hydrogen (secondary N) is 2. The third-order valence-corrected chi connectivity index (χ3v) is 14.5. The molecule has 1 aromatic heterocycles. The lowest BCUT2D eigenvalue weighted by atomic mass is 9.82. The lowest BCUT2D eigenvalue weighted by Crippen LogP contribution is -2.48. The molecule has 4 aromatic carbocycles. The molecule has 0 aliphatic carbocycles. The van der Waals surface area contributed by atoms with Gasteiger partial charge in [0.1, 0.15) is 0 Å². The molecule has 0 bridgehead atoms. The van der Waals surface area contributed by atoms with E-state index in [1.807, 2.05) is 85.9 Å². The van der Waals surface area contributed by atoms with Crippen molar-refractivity contribution in [3.05, 3.63) is 130 Å². The first-order valence-electron chi connectivity index (χ1n) is 18.8. The number of anilines is 2. The van der Waals surface area contributed by atoms with Crippen LogP contribution in [-0.2, 0) is 50.7 Å². The minimum absolute atomic E-state index is 0.119. The number of aliphatic hydroxyl groups is 1. The van der Waals surface area contributed by atoms with E-state index in [4.69, 9.17) is 16.3 Å². The summed E-state index contributed by atoms with van der Waals surface area (Å²) in [6.07, 6.45) is 1.61. The van der Waals surface area contributed by atoms with Gasteiger partial charge in [0.15, 0.2) is 5.60 Å². The molecule has 284 valence electrons. The van der Waals surface area contributed by atoms with E-state index in [1.165, 1.54) is 0 Å². The van der Waals surface area contributed by atoms with Crippen molar-refractivity contribution < 1.29 is 28.3 Å². The molecule has 5 aromatic rings. The van der Waals surface area contributed by atoms with Crippen LogP contribution in [0.2, 0.25) is 23.7 Å². The number of aliphatic hydroxyl groups excluding tert-OH is 1. The number of nitrogens with zero attached hydrogens (tertiary/aromatic N) is 2. The summed E-state index contributed by atoms with van der Waals surface area (Å²) in [6, 6.07) is 27.9. The Morgan fingerprint density at radius 1 is 1.04 bits per heavy atom. The second-order valence-electron chi connectivity index (χ2n) is 15.6. The van der Waals surface area contributed by atoms with Gasteiger partial charge in [-0.2, -0.15) is 0 Å². The van der Waals surface area contributed by atoms with Crippen LogP contribution in [0.5, 0.6) is 0 Å². The molecular formula is C43H44ClFN4O5Si. The molecule has 0 saturated carbocycles. The number of para-hydroxylation sites is 1. The van der Waals surface area contributed by atoms with Crippen molar-refractivity contribution >= 4 is 60.0 Å². The van der Waals surface area contributed by atoms with E-state index in [1.54, 1.807) is 41.1 Å². The first kappa shape index (κ1) is 37.1. The standard InChI is InChI=1S/C43H44ClFN4O5Si/c1-26-41(55(2,3)45)38(21-40(52)48-24-29-9-5-4-8-28(29)18-33(48)25-50)54-43(26)35-20-31(44)14-17-37(35)49(42(43)53)23-27-12-15-32(16-13-27)47-39(51)19-30-22-46-36-11-7-6-10-34(30)36/h4-17,20,22,26,33,38,41,46,50H,18-19,21,23-25H2,1-3H3,(H,47,51)/t26-,33+,38+,41-,43+/m1/s1. The molecular weight excluding hydrogens is 735 g/mol. The summed E-state index contributed by atoms with van der Waals surface area (Å²) >= 11 is 6.57. The van der Waals surface area contributed by atoms with E-state index in [9.17, 15) is 19.5 Å². The van der Waals surface area contributed by atoms with Crippen molar-refractivity contribution in [3.8, 4) is 0 Å². The van der Waals surface area contributed by atoms with Crippen molar-refractivity contribution in [2.75, 3.05) is 16.8 Å². The highest BCUT2D eigenvalue weighted by Gasteiger charge is 2.67. The lowest BCUT2D eigenvalue weighted by Gasteiger charge is -2.37. The topological polar surface area (TPSA) is 115 Å². The minimum Gasteiger partial charge on any atom is -0.394 e. The lowest BCUT2D eigenvalue weighted by molar-refractivity contribution is -0.151. The van der Waals surface area contributed by atoms with Crippen LogP contribution in [0.3, 0.4) is 0 Å². The molecule has 4 heterocycles. The highest BCUT2D eigenvalue weighted by Crippen LogP contribution is 2.60. The molecule has 3 aliphatic rings.